The van der Waals surface area contributed by atoms with Crippen LogP contribution in [0.15, 0.2) is 48.5 Å². The summed E-state index contributed by atoms with van der Waals surface area (Å²) in [4.78, 5) is 146. The van der Waals surface area contributed by atoms with Gasteiger partial charge in [0.05, 0.1) is 0 Å². The lowest BCUT2D eigenvalue weighted by atomic mass is 9.85. The summed E-state index contributed by atoms with van der Waals surface area (Å²) in [7, 11) is 0. The van der Waals surface area contributed by atoms with Crippen LogP contribution in [0.2, 0.25) is 0 Å². The molecule has 82 heavy (non-hydrogen) atoms. The summed E-state index contributed by atoms with van der Waals surface area (Å²) >= 11 is 0. The van der Waals surface area contributed by atoms with Crippen LogP contribution in [0.3, 0.4) is 0 Å². The standard InChI is InChI=1S/C66H82N6O10/c1-5-9-13-17-23-41(24-18-14-10-6-2)71-63(79)47-33-29-43-55-44(30-34-48(57(47)55)64(71)80)60(76)69(59(43)75)39-37-53(73)67-51-27-21-22-28-52(51)68-54(74)38-40-70-61(77)45-31-35-49-58-50(36-32-46(56(45)58)62(70)78)66(82)72(65(49)81)42(25-19-15-11-7-3)26-20-16-12-8-4/h29-36,41-42,51-52H,5-28,37-40H2,1-4H3,(H,67,73)(H,68,74)/t51-,52-/m0/s1. The van der Waals surface area contributed by atoms with Crippen LogP contribution in [0.4, 0.5) is 0 Å². The van der Waals surface area contributed by atoms with Gasteiger partial charge in [-0.25, -0.2) is 0 Å². The number of carbonyl (C=O) groups is 10. The number of hydrogen-bond donors (Lipinski definition) is 2. The molecular weight excluding hydrogens is 1040 g/mol. The van der Waals surface area contributed by atoms with Crippen LogP contribution >= 0.6 is 0 Å². The molecule has 0 bridgehead atoms. The summed E-state index contributed by atoms with van der Waals surface area (Å²) in [6.45, 7) is 8.11. The van der Waals surface area contributed by atoms with Gasteiger partial charge in [0.1, 0.15) is 0 Å². The van der Waals surface area contributed by atoms with E-state index in [1.54, 1.807) is 48.5 Å². The Kier molecular flexibility index (Phi) is 19.5. The molecule has 9 rings (SSSR count). The molecule has 10 amide bonds. The molecule has 0 saturated heterocycles. The third-order valence-electron chi connectivity index (χ3n) is 17.9. The van der Waals surface area contributed by atoms with Gasteiger partial charge in [-0.15, -0.1) is 0 Å². The second kappa shape index (κ2) is 26.9. The Morgan fingerprint density at radius 2 is 0.622 bits per heavy atom. The van der Waals surface area contributed by atoms with Crippen molar-refractivity contribution in [3.63, 3.8) is 0 Å². The van der Waals surface area contributed by atoms with Crippen LogP contribution in [-0.2, 0) is 9.59 Å². The van der Waals surface area contributed by atoms with Crippen LogP contribution < -0.4 is 10.6 Å². The third kappa shape index (κ3) is 11.9. The number of carbonyl (C=O) groups excluding carboxylic acids is 10. The highest BCUT2D eigenvalue weighted by molar-refractivity contribution is 6.35. The van der Waals surface area contributed by atoms with E-state index in [2.05, 4.69) is 38.3 Å². The zero-order valence-corrected chi connectivity index (χ0v) is 48.6. The lowest BCUT2D eigenvalue weighted by Crippen LogP contribution is -2.54. The van der Waals surface area contributed by atoms with E-state index in [0.717, 1.165) is 125 Å². The second-order valence-electron chi connectivity index (χ2n) is 23.5. The van der Waals surface area contributed by atoms with E-state index in [1.165, 1.54) is 9.80 Å². The topological polar surface area (TPSA) is 208 Å². The van der Waals surface area contributed by atoms with Gasteiger partial charge in [0.25, 0.3) is 47.3 Å². The van der Waals surface area contributed by atoms with Crippen molar-refractivity contribution in [1.82, 2.24) is 30.2 Å². The second-order valence-corrected chi connectivity index (χ2v) is 23.5. The number of unbranched alkanes of at least 4 members (excludes halogenated alkanes) is 12. The normalized spacial score (nSPS) is 17.7. The number of nitrogens with one attached hydrogen (secondary N) is 2. The fourth-order valence-electron chi connectivity index (χ4n) is 13.4. The van der Waals surface area contributed by atoms with E-state index in [-0.39, 0.29) is 71.0 Å². The Bertz CT molecular complexity index is 2810. The van der Waals surface area contributed by atoms with Crippen molar-refractivity contribution in [2.24, 2.45) is 0 Å². The van der Waals surface area contributed by atoms with E-state index < -0.39 is 71.2 Å². The fourth-order valence-corrected chi connectivity index (χ4v) is 13.4. The molecule has 2 atom stereocenters. The van der Waals surface area contributed by atoms with Gasteiger partial charge < -0.3 is 10.6 Å². The third-order valence-corrected chi connectivity index (χ3v) is 17.9. The number of nitrogens with zero attached hydrogens (tertiary/aromatic N) is 4. The largest absolute Gasteiger partial charge is 0.351 e. The summed E-state index contributed by atoms with van der Waals surface area (Å²) in [6, 6.07) is 11.1. The quantitative estimate of drug-likeness (QED) is 0.0373. The Hall–Kier alpha value is -7.10. The maximum Gasteiger partial charge on any atom is 0.261 e. The van der Waals surface area contributed by atoms with E-state index in [1.807, 2.05) is 0 Å². The average Bonchev–Trinajstić information content (AvgIpc) is 1.46. The van der Waals surface area contributed by atoms with Crippen molar-refractivity contribution >= 4 is 80.6 Å². The lowest BCUT2D eigenvalue weighted by molar-refractivity contribution is -0.125. The average molecular weight is 1120 g/mol. The van der Waals surface area contributed by atoms with Crippen LogP contribution in [0.25, 0.3) is 21.5 Å². The van der Waals surface area contributed by atoms with Gasteiger partial charge in [-0.2, -0.15) is 0 Å². The van der Waals surface area contributed by atoms with Crippen molar-refractivity contribution in [3.8, 4) is 0 Å². The van der Waals surface area contributed by atoms with Crippen LogP contribution in [0.5, 0.6) is 0 Å². The summed E-state index contributed by atoms with van der Waals surface area (Å²) in [5.41, 5.74) is 1.88. The van der Waals surface area contributed by atoms with Gasteiger partial charge in [0.15, 0.2) is 0 Å². The molecule has 16 nitrogen and oxygen atoms in total. The summed E-state index contributed by atoms with van der Waals surface area (Å²) in [5, 5.41) is 7.23. The summed E-state index contributed by atoms with van der Waals surface area (Å²) in [6.07, 6.45) is 21.4. The van der Waals surface area contributed by atoms with E-state index >= 15 is 0 Å². The molecule has 4 heterocycles. The van der Waals surface area contributed by atoms with E-state index in [9.17, 15) is 47.9 Å². The highest BCUT2D eigenvalue weighted by Crippen LogP contribution is 2.41. The molecular formula is C66H82N6O10. The lowest BCUT2D eigenvalue weighted by Gasteiger charge is -2.36. The van der Waals surface area contributed by atoms with Crippen LogP contribution in [0.1, 0.15) is 278 Å². The first-order valence-corrected chi connectivity index (χ1v) is 31.0. The maximum atomic E-state index is 14.3. The molecule has 436 valence electrons. The number of hydrogen-bond acceptors (Lipinski definition) is 10. The van der Waals surface area contributed by atoms with E-state index in [4.69, 9.17) is 0 Å². The predicted molar refractivity (Wildman–Crippen MR) is 314 cm³/mol. The Balaban J connectivity index is 0.814. The first-order valence-electron chi connectivity index (χ1n) is 31.0. The van der Waals surface area contributed by atoms with Crippen molar-refractivity contribution in [3.05, 3.63) is 93.0 Å². The first-order chi connectivity index (χ1) is 39.8. The van der Waals surface area contributed by atoms with Gasteiger partial charge in [-0.1, -0.05) is 143 Å². The first kappa shape index (κ1) is 59.5. The minimum Gasteiger partial charge on any atom is -0.351 e. The van der Waals surface area contributed by atoms with Crippen molar-refractivity contribution < 1.29 is 47.9 Å². The minimum absolute atomic E-state index is 0.178. The molecule has 1 saturated carbocycles. The van der Waals surface area contributed by atoms with E-state index in [0.29, 0.717) is 71.6 Å². The van der Waals surface area contributed by atoms with Crippen molar-refractivity contribution in [2.45, 2.75) is 219 Å². The van der Waals surface area contributed by atoms with Gasteiger partial charge in [-0.05, 0) is 87.1 Å². The fraction of sp³-hybridized carbons (Fsp3) is 0.545. The van der Waals surface area contributed by atoms with Gasteiger partial charge in [-0.3, -0.25) is 67.5 Å². The van der Waals surface area contributed by atoms with Gasteiger partial charge in [0, 0.05) is 116 Å². The van der Waals surface area contributed by atoms with Gasteiger partial charge in [0.2, 0.25) is 11.8 Å². The molecule has 4 aliphatic heterocycles. The smallest absolute Gasteiger partial charge is 0.261 e. The zero-order valence-electron chi connectivity index (χ0n) is 48.6. The summed E-state index contributed by atoms with van der Waals surface area (Å²) in [5.74, 6) is -5.01. The molecule has 1 aliphatic carbocycles. The van der Waals surface area contributed by atoms with Crippen molar-refractivity contribution in [1.29, 1.82) is 0 Å². The molecule has 5 aliphatic rings. The minimum atomic E-state index is -0.625. The number of amides is 10. The highest BCUT2D eigenvalue weighted by atomic mass is 16.2. The number of rotatable bonds is 30. The van der Waals surface area contributed by atoms with Crippen molar-refractivity contribution in [2.75, 3.05) is 13.1 Å². The Morgan fingerprint density at radius 3 is 0.866 bits per heavy atom. The predicted octanol–water partition coefficient (Wildman–Crippen LogP) is 12.0. The monoisotopic (exact) mass is 1120 g/mol. The zero-order chi connectivity index (χ0) is 58.2. The molecule has 1 fully saturated rings. The highest BCUT2D eigenvalue weighted by Gasteiger charge is 2.44. The molecule has 16 heteroatoms. The molecule has 0 radical (unpaired) electrons. The molecule has 0 spiro atoms. The van der Waals surface area contributed by atoms with Crippen LogP contribution in [0, 0.1) is 0 Å². The number of imide groups is 4. The number of benzene rings is 4. The Morgan fingerprint density at radius 1 is 0.378 bits per heavy atom. The maximum absolute atomic E-state index is 14.3. The van der Waals surface area contributed by atoms with Crippen LogP contribution in [-0.4, -0.2) is 116 Å². The SMILES string of the molecule is CCCCCCC(CCCCCC)N1C(=O)c2ccc3c4c(ccc(c24)C1=O)C(=O)N(CCC(=O)N[C@H]1CCCC[C@@H]1NC(=O)CCN1C(=O)c2ccc4c5c(ccc(c25)C1=O)C(=O)N(C(CCCCCC)CCCCCC)C4=O)C3=O. The van der Waals surface area contributed by atoms with Gasteiger partial charge >= 0.3 is 0 Å². The molecule has 4 aromatic carbocycles. The molecule has 4 aromatic rings. The molecule has 2 N–H and O–H groups in total. The molecule has 0 unspecified atom stereocenters. The Labute approximate surface area is 481 Å². The summed E-state index contributed by atoms with van der Waals surface area (Å²) < 4.78 is 0. The molecule has 0 aromatic heterocycles.